The lowest BCUT2D eigenvalue weighted by Gasteiger charge is -2.06. The van der Waals surface area contributed by atoms with Crippen LogP contribution in [0.2, 0.25) is 0 Å². The second-order valence-corrected chi connectivity index (χ2v) is 6.95. The number of esters is 1. The number of rotatable bonds is 5. The van der Waals surface area contributed by atoms with Crippen LogP contribution in [0.4, 0.5) is 0 Å². The molecule has 3 nitrogen and oxygen atoms in total. The Balaban J connectivity index is 1.67. The number of methoxy groups -OCH3 is 1. The minimum absolute atomic E-state index is 0.444. The van der Waals surface area contributed by atoms with Crippen molar-refractivity contribution in [2.24, 2.45) is 0 Å². The smallest absolute Gasteiger partial charge is 0.336 e. The first-order valence-corrected chi connectivity index (χ1v) is 9.25. The van der Waals surface area contributed by atoms with Gasteiger partial charge in [-0.1, -0.05) is 57.9 Å². The molecule has 3 rings (SSSR count). The van der Waals surface area contributed by atoms with Crippen molar-refractivity contribution in [3.8, 4) is 22.6 Å². The highest BCUT2D eigenvalue weighted by molar-refractivity contribution is 9.10. The van der Waals surface area contributed by atoms with Crippen LogP contribution in [0, 0.1) is 6.92 Å². The minimum atomic E-state index is -0.444. The number of aryl methyl sites for hydroxylation is 1. The first-order chi connectivity index (χ1) is 13.0. The Kier molecular flexibility index (Phi) is 6.09. The second kappa shape index (κ2) is 8.69. The van der Waals surface area contributed by atoms with Gasteiger partial charge in [0, 0.05) is 16.1 Å². The first kappa shape index (κ1) is 18.9. The summed E-state index contributed by atoms with van der Waals surface area (Å²) in [5.41, 5.74) is 4.21. The van der Waals surface area contributed by atoms with Gasteiger partial charge in [-0.25, -0.2) is 4.79 Å². The molecule has 0 radical (unpaired) electrons. The number of hydrogen-bond donors (Lipinski definition) is 0. The van der Waals surface area contributed by atoms with Crippen LogP contribution < -0.4 is 9.47 Å². The minimum Gasteiger partial charge on any atom is -0.496 e. The summed E-state index contributed by atoms with van der Waals surface area (Å²) < 4.78 is 11.6. The van der Waals surface area contributed by atoms with Crippen LogP contribution in [0.15, 0.2) is 77.3 Å². The SMILES string of the molecule is COc1ccc(Br)cc1/C=C/C(=O)Oc1ccc(-c2ccc(C)cc2)cc1. The maximum Gasteiger partial charge on any atom is 0.336 e. The summed E-state index contributed by atoms with van der Waals surface area (Å²) in [4.78, 5) is 12.1. The van der Waals surface area contributed by atoms with E-state index in [2.05, 4.69) is 47.1 Å². The van der Waals surface area contributed by atoms with Gasteiger partial charge in [-0.3, -0.25) is 0 Å². The van der Waals surface area contributed by atoms with E-state index in [1.165, 1.54) is 11.6 Å². The summed E-state index contributed by atoms with van der Waals surface area (Å²) in [5, 5.41) is 0. The maximum absolute atomic E-state index is 12.1. The van der Waals surface area contributed by atoms with Crippen molar-refractivity contribution < 1.29 is 14.3 Å². The summed E-state index contributed by atoms with van der Waals surface area (Å²) in [6.07, 6.45) is 3.06. The van der Waals surface area contributed by atoms with E-state index in [0.717, 1.165) is 21.2 Å². The summed E-state index contributed by atoms with van der Waals surface area (Å²) in [5.74, 6) is 0.742. The van der Waals surface area contributed by atoms with E-state index in [4.69, 9.17) is 9.47 Å². The molecule has 0 atom stereocenters. The summed E-state index contributed by atoms with van der Waals surface area (Å²) in [7, 11) is 1.59. The number of benzene rings is 3. The van der Waals surface area contributed by atoms with Gasteiger partial charge < -0.3 is 9.47 Å². The normalized spacial score (nSPS) is 10.8. The fraction of sp³-hybridized carbons (Fsp3) is 0.0870. The molecule has 4 heteroatoms. The van der Waals surface area contributed by atoms with Gasteiger partial charge in [-0.15, -0.1) is 0 Å². The lowest BCUT2D eigenvalue weighted by molar-refractivity contribution is -0.128. The van der Waals surface area contributed by atoms with Crippen molar-refractivity contribution in [1.82, 2.24) is 0 Å². The Morgan fingerprint density at radius 3 is 2.19 bits per heavy atom. The molecule has 0 aromatic heterocycles. The van der Waals surface area contributed by atoms with E-state index in [-0.39, 0.29) is 0 Å². The molecule has 0 heterocycles. The van der Waals surface area contributed by atoms with Crippen molar-refractivity contribution in [2.75, 3.05) is 7.11 Å². The maximum atomic E-state index is 12.1. The fourth-order valence-electron chi connectivity index (χ4n) is 2.60. The van der Waals surface area contributed by atoms with Crippen LogP contribution in [0.3, 0.4) is 0 Å². The third kappa shape index (κ3) is 5.08. The van der Waals surface area contributed by atoms with Crippen molar-refractivity contribution in [3.63, 3.8) is 0 Å². The van der Waals surface area contributed by atoms with Gasteiger partial charge in [0.2, 0.25) is 0 Å². The molecule has 0 unspecified atom stereocenters. The molecule has 0 bridgehead atoms. The highest BCUT2D eigenvalue weighted by atomic mass is 79.9. The van der Waals surface area contributed by atoms with Crippen LogP contribution in [-0.2, 0) is 4.79 Å². The van der Waals surface area contributed by atoms with Gasteiger partial charge in [0.15, 0.2) is 0 Å². The lowest BCUT2D eigenvalue weighted by Crippen LogP contribution is -2.03. The number of halogens is 1. The van der Waals surface area contributed by atoms with Crippen LogP contribution in [-0.4, -0.2) is 13.1 Å². The molecule has 0 aliphatic carbocycles. The Labute approximate surface area is 167 Å². The van der Waals surface area contributed by atoms with Crippen LogP contribution >= 0.6 is 15.9 Å². The van der Waals surface area contributed by atoms with Crippen molar-refractivity contribution in [1.29, 1.82) is 0 Å². The van der Waals surface area contributed by atoms with Crippen LogP contribution in [0.1, 0.15) is 11.1 Å². The molecule has 0 amide bonds. The number of carbonyl (C=O) groups is 1. The Morgan fingerprint density at radius 1 is 0.926 bits per heavy atom. The van der Waals surface area contributed by atoms with E-state index < -0.39 is 5.97 Å². The third-order valence-corrected chi connectivity index (χ3v) is 4.54. The molecule has 0 spiro atoms. The molecule has 136 valence electrons. The zero-order chi connectivity index (χ0) is 19.2. The molecule has 0 aliphatic rings. The quantitative estimate of drug-likeness (QED) is 0.285. The predicted molar refractivity (Wildman–Crippen MR) is 112 cm³/mol. The topological polar surface area (TPSA) is 35.5 Å². The van der Waals surface area contributed by atoms with Crippen LogP contribution in [0.5, 0.6) is 11.5 Å². The lowest BCUT2D eigenvalue weighted by atomic mass is 10.0. The number of hydrogen-bond acceptors (Lipinski definition) is 3. The average molecular weight is 423 g/mol. The molecule has 0 fully saturated rings. The Morgan fingerprint density at radius 2 is 1.56 bits per heavy atom. The summed E-state index contributed by atoms with van der Waals surface area (Å²) in [6, 6.07) is 21.3. The van der Waals surface area contributed by atoms with Crippen molar-refractivity contribution >= 4 is 28.0 Å². The molecule has 3 aromatic carbocycles. The summed E-state index contributed by atoms with van der Waals surface area (Å²) in [6.45, 7) is 2.06. The van der Waals surface area contributed by atoms with E-state index in [1.807, 2.05) is 30.3 Å². The standard InChI is InChI=1S/C23H19BrO3/c1-16-3-5-17(6-4-16)18-7-11-21(12-8-18)27-23(25)14-9-19-15-20(24)10-13-22(19)26-2/h3-15H,1-2H3/b14-9+. The van der Waals surface area contributed by atoms with Crippen LogP contribution in [0.25, 0.3) is 17.2 Å². The van der Waals surface area contributed by atoms with Gasteiger partial charge >= 0.3 is 5.97 Å². The molecule has 3 aromatic rings. The largest absolute Gasteiger partial charge is 0.496 e. The highest BCUT2D eigenvalue weighted by Gasteiger charge is 2.04. The molecule has 0 N–H and O–H groups in total. The van der Waals surface area contributed by atoms with E-state index in [9.17, 15) is 4.79 Å². The fourth-order valence-corrected chi connectivity index (χ4v) is 2.98. The first-order valence-electron chi connectivity index (χ1n) is 8.46. The molecule has 0 saturated heterocycles. The van der Waals surface area contributed by atoms with E-state index >= 15 is 0 Å². The average Bonchev–Trinajstić information content (AvgIpc) is 2.68. The van der Waals surface area contributed by atoms with Gasteiger partial charge in [0.05, 0.1) is 7.11 Å². The van der Waals surface area contributed by atoms with Crippen molar-refractivity contribution in [3.05, 3.63) is 88.4 Å². The van der Waals surface area contributed by atoms with Gasteiger partial charge in [-0.2, -0.15) is 0 Å². The van der Waals surface area contributed by atoms with Gasteiger partial charge in [-0.05, 0) is 54.5 Å². The number of carbonyl (C=O) groups excluding carboxylic acids is 1. The third-order valence-electron chi connectivity index (χ3n) is 4.05. The monoisotopic (exact) mass is 422 g/mol. The zero-order valence-corrected chi connectivity index (χ0v) is 16.7. The van der Waals surface area contributed by atoms with Gasteiger partial charge in [0.1, 0.15) is 11.5 Å². The Bertz CT molecular complexity index is 958. The zero-order valence-electron chi connectivity index (χ0n) is 15.1. The molecular formula is C23H19BrO3. The van der Waals surface area contributed by atoms with Gasteiger partial charge in [0.25, 0.3) is 0 Å². The molecule has 0 aliphatic heterocycles. The second-order valence-electron chi connectivity index (χ2n) is 6.03. The van der Waals surface area contributed by atoms with E-state index in [0.29, 0.717) is 11.5 Å². The molecule has 27 heavy (non-hydrogen) atoms. The number of ether oxygens (including phenoxy) is 2. The van der Waals surface area contributed by atoms with Crippen molar-refractivity contribution in [2.45, 2.75) is 6.92 Å². The predicted octanol–water partition coefficient (Wildman–Crippen LogP) is 6.05. The highest BCUT2D eigenvalue weighted by Crippen LogP contribution is 2.25. The molecule has 0 saturated carbocycles. The summed E-state index contributed by atoms with van der Waals surface area (Å²) >= 11 is 3.41. The van der Waals surface area contributed by atoms with E-state index in [1.54, 1.807) is 25.3 Å². The molecular weight excluding hydrogens is 404 g/mol. The Hall–Kier alpha value is -2.85.